The van der Waals surface area contributed by atoms with Crippen LogP contribution < -0.4 is 5.73 Å². The van der Waals surface area contributed by atoms with Crippen LogP contribution in [-0.4, -0.2) is 15.8 Å². The molecule has 0 radical (unpaired) electrons. The highest BCUT2D eigenvalue weighted by atomic mass is 15.3. The Kier molecular flexibility index (Phi) is 2.12. The van der Waals surface area contributed by atoms with Crippen molar-refractivity contribution in [2.75, 3.05) is 0 Å². The lowest BCUT2D eigenvalue weighted by Gasteiger charge is -2.15. The van der Waals surface area contributed by atoms with Gasteiger partial charge in [0.1, 0.15) is 0 Å². The molecule has 0 unspecified atom stereocenters. The molecule has 0 fully saturated rings. The summed E-state index contributed by atoms with van der Waals surface area (Å²) in [5.41, 5.74) is 8.50. The summed E-state index contributed by atoms with van der Waals surface area (Å²) >= 11 is 0. The molecule has 2 rings (SSSR count). The lowest BCUT2D eigenvalue weighted by molar-refractivity contribution is 0.518. The second-order valence-electron chi connectivity index (χ2n) is 4.18. The maximum atomic E-state index is 5.89. The van der Waals surface area contributed by atoms with E-state index in [0.29, 0.717) is 12.1 Å². The van der Waals surface area contributed by atoms with Gasteiger partial charge in [-0.2, -0.15) is 5.10 Å². The van der Waals surface area contributed by atoms with Crippen molar-refractivity contribution in [3.63, 3.8) is 0 Å². The Morgan fingerprint density at radius 3 is 3.08 bits per heavy atom. The van der Waals surface area contributed by atoms with Gasteiger partial charge < -0.3 is 5.73 Å². The summed E-state index contributed by atoms with van der Waals surface area (Å²) < 4.78 is 2.04. The van der Waals surface area contributed by atoms with Gasteiger partial charge in [0.2, 0.25) is 0 Å². The molecule has 3 heteroatoms. The first kappa shape index (κ1) is 8.75. The maximum Gasteiger partial charge on any atom is 0.0672 e. The van der Waals surface area contributed by atoms with Crippen LogP contribution in [0.4, 0.5) is 0 Å². The number of rotatable bonds is 1. The molecule has 3 nitrogen and oxygen atoms in total. The van der Waals surface area contributed by atoms with Gasteiger partial charge in [0.15, 0.2) is 0 Å². The summed E-state index contributed by atoms with van der Waals surface area (Å²) in [6.45, 7) is 4.30. The third-order valence-corrected chi connectivity index (χ3v) is 2.66. The maximum absolute atomic E-state index is 5.89. The minimum Gasteiger partial charge on any atom is -0.327 e. The summed E-state index contributed by atoms with van der Waals surface area (Å²) in [7, 11) is 0. The number of fused-ring (bicyclic) bond motifs is 1. The molecule has 1 aliphatic carbocycles. The van der Waals surface area contributed by atoms with Crippen LogP contribution in [0.3, 0.4) is 0 Å². The first-order valence-electron chi connectivity index (χ1n) is 4.99. The van der Waals surface area contributed by atoms with Crippen LogP contribution in [0.1, 0.15) is 37.6 Å². The van der Waals surface area contributed by atoms with Gasteiger partial charge in [-0.05, 0) is 32.3 Å². The number of hydrogen-bond donors (Lipinski definition) is 1. The van der Waals surface area contributed by atoms with Crippen LogP contribution >= 0.6 is 0 Å². The third kappa shape index (κ3) is 1.61. The van der Waals surface area contributed by atoms with E-state index in [1.54, 1.807) is 0 Å². The van der Waals surface area contributed by atoms with Crippen molar-refractivity contribution in [3.8, 4) is 0 Å². The SMILES string of the molecule is CC(C)n1cc2c(n1)C[C@H](N)CC2. The van der Waals surface area contributed by atoms with Crippen molar-refractivity contribution in [3.05, 3.63) is 17.5 Å². The Labute approximate surface area is 78.9 Å². The Balaban J connectivity index is 2.28. The first-order chi connectivity index (χ1) is 6.16. The molecule has 13 heavy (non-hydrogen) atoms. The molecular formula is C10H17N3. The number of hydrogen-bond acceptors (Lipinski definition) is 2. The van der Waals surface area contributed by atoms with E-state index in [4.69, 9.17) is 5.73 Å². The summed E-state index contributed by atoms with van der Waals surface area (Å²) in [4.78, 5) is 0. The molecule has 1 atom stereocenters. The van der Waals surface area contributed by atoms with Crippen LogP contribution in [0.5, 0.6) is 0 Å². The minimum absolute atomic E-state index is 0.322. The lowest BCUT2D eigenvalue weighted by Crippen LogP contribution is -2.27. The van der Waals surface area contributed by atoms with E-state index in [1.807, 2.05) is 4.68 Å². The van der Waals surface area contributed by atoms with Gasteiger partial charge in [-0.15, -0.1) is 0 Å². The summed E-state index contributed by atoms with van der Waals surface area (Å²) in [6, 6.07) is 0.782. The van der Waals surface area contributed by atoms with Crippen LogP contribution in [0.2, 0.25) is 0 Å². The predicted molar refractivity (Wildman–Crippen MR) is 52.6 cm³/mol. The average molecular weight is 179 g/mol. The quantitative estimate of drug-likeness (QED) is 0.705. The molecule has 2 N–H and O–H groups in total. The minimum atomic E-state index is 0.322. The van der Waals surface area contributed by atoms with Crippen LogP contribution in [0.15, 0.2) is 6.20 Å². The summed E-state index contributed by atoms with van der Waals surface area (Å²) in [5, 5.41) is 4.54. The zero-order chi connectivity index (χ0) is 9.42. The largest absolute Gasteiger partial charge is 0.327 e. The molecular weight excluding hydrogens is 162 g/mol. The topological polar surface area (TPSA) is 43.8 Å². The van der Waals surface area contributed by atoms with E-state index in [0.717, 1.165) is 19.3 Å². The first-order valence-corrected chi connectivity index (χ1v) is 4.99. The highest BCUT2D eigenvalue weighted by molar-refractivity contribution is 5.21. The standard InChI is InChI=1S/C10H17N3/c1-7(2)13-6-8-3-4-9(11)5-10(8)12-13/h6-7,9H,3-5,11H2,1-2H3/t9-/m1/s1. The molecule has 0 bridgehead atoms. The number of nitrogens with two attached hydrogens (primary N) is 1. The molecule has 0 saturated heterocycles. The van der Waals surface area contributed by atoms with Crippen LogP contribution in [0.25, 0.3) is 0 Å². The monoisotopic (exact) mass is 179 g/mol. The highest BCUT2D eigenvalue weighted by Gasteiger charge is 2.19. The van der Waals surface area contributed by atoms with E-state index in [9.17, 15) is 0 Å². The number of aryl methyl sites for hydroxylation is 1. The van der Waals surface area contributed by atoms with Gasteiger partial charge in [0, 0.05) is 24.7 Å². The second kappa shape index (κ2) is 3.14. The van der Waals surface area contributed by atoms with Gasteiger partial charge in [0.05, 0.1) is 5.69 Å². The molecule has 0 saturated carbocycles. The van der Waals surface area contributed by atoms with Gasteiger partial charge in [0.25, 0.3) is 0 Å². The van der Waals surface area contributed by atoms with Crippen molar-refractivity contribution in [1.29, 1.82) is 0 Å². The van der Waals surface area contributed by atoms with Crippen molar-refractivity contribution in [2.45, 2.75) is 45.2 Å². The normalized spacial score (nSPS) is 22.0. The van der Waals surface area contributed by atoms with Gasteiger partial charge in [-0.1, -0.05) is 0 Å². The van der Waals surface area contributed by atoms with E-state index in [1.165, 1.54) is 11.3 Å². The Morgan fingerprint density at radius 2 is 2.38 bits per heavy atom. The third-order valence-electron chi connectivity index (χ3n) is 2.66. The molecule has 0 aromatic carbocycles. The van der Waals surface area contributed by atoms with Crippen molar-refractivity contribution >= 4 is 0 Å². The van der Waals surface area contributed by atoms with E-state index in [2.05, 4.69) is 25.1 Å². The molecule has 0 aliphatic heterocycles. The number of nitrogens with zero attached hydrogens (tertiary/aromatic N) is 2. The molecule has 0 spiro atoms. The summed E-state index contributed by atoms with van der Waals surface area (Å²) in [6.07, 6.45) is 5.33. The molecule has 1 aromatic rings. The highest BCUT2D eigenvalue weighted by Crippen LogP contribution is 2.20. The van der Waals surface area contributed by atoms with Crippen LogP contribution in [0, 0.1) is 0 Å². The molecule has 1 heterocycles. The fourth-order valence-electron chi connectivity index (χ4n) is 1.80. The number of aromatic nitrogens is 2. The van der Waals surface area contributed by atoms with Crippen molar-refractivity contribution in [1.82, 2.24) is 9.78 Å². The lowest BCUT2D eigenvalue weighted by atomic mass is 9.95. The fourth-order valence-corrected chi connectivity index (χ4v) is 1.80. The van der Waals surface area contributed by atoms with Crippen LogP contribution in [-0.2, 0) is 12.8 Å². The van der Waals surface area contributed by atoms with Crippen molar-refractivity contribution in [2.24, 2.45) is 5.73 Å². The zero-order valence-electron chi connectivity index (χ0n) is 8.33. The smallest absolute Gasteiger partial charge is 0.0672 e. The second-order valence-corrected chi connectivity index (χ2v) is 4.18. The zero-order valence-corrected chi connectivity index (χ0v) is 8.33. The molecule has 1 aromatic heterocycles. The van der Waals surface area contributed by atoms with E-state index >= 15 is 0 Å². The Bertz CT molecular complexity index is 301. The molecule has 1 aliphatic rings. The summed E-state index contributed by atoms with van der Waals surface area (Å²) in [5.74, 6) is 0. The van der Waals surface area contributed by atoms with Gasteiger partial charge in [-0.25, -0.2) is 0 Å². The van der Waals surface area contributed by atoms with E-state index in [-0.39, 0.29) is 0 Å². The molecule has 72 valence electrons. The average Bonchev–Trinajstić information content (AvgIpc) is 2.46. The Morgan fingerprint density at radius 1 is 1.62 bits per heavy atom. The Hall–Kier alpha value is -0.830. The fraction of sp³-hybridized carbons (Fsp3) is 0.700. The van der Waals surface area contributed by atoms with Gasteiger partial charge >= 0.3 is 0 Å². The predicted octanol–water partition coefficient (Wildman–Crippen LogP) is 1.28. The molecule has 0 amide bonds. The van der Waals surface area contributed by atoms with E-state index < -0.39 is 0 Å². The van der Waals surface area contributed by atoms with Gasteiger partial charge in [-0.3, -0.25) is 4.68 Å². The van der Waals surface area contributed by atoms with Crippen molar-refractivity contribution < 1.29 is 0 Å².